The third-order valence-corrected chi connectivity index (χ3v) is 7.52. The summed E-state index contributed by atoms with van der Waals surface area (Å²) >= 11 is 19.5. The second kappa shape index (κ2) is 10.1. The van der Waals surface area contributed by atoms with Gasteiger partial charge < -0.3 is 4.57 Å². The van der Waals surface area contributed by atoms with E-state index >= 15 is 0 Å². The van der Waals surface area contributed by atoms with Gasteiger partial charge >= 0.3 is 0 Å². The lowest BCUT2D eigenvalue weighted by Gasteiger charge is -2.10. The lowest BCUT2D eigenvalue weighted by molar-refractivity contribution is 0.591. The molecule has 0 bridgehead atoms. The Labute approximate surface area is 186 Å². The van der Waals surface area contributed by atoms with Gasteiger partial charge in [0.2, 0.25) is 0 Å². The van der Waals surface area contributed by atoms with E-state index in [4.69, 9.17) is 34.8 Å². The van der Waals surface area contributed by atoms with Crippen LogP contribution in [0.1, 0.15) is 16.7 Å². The van der Waals surface area contributed by atoms with Crippen LogP contribution < -0.4 is 0 Å². The maximum Gasteiger partial charge on any atom is 0.154 e. The highest BCUT2D eigenvalue weighted by Crippen LogP contribution is 2.57. The van der Waals surface area contributed by atoms with Gasteiger partial charge in [-0.15, -0.1) is 0 Å². The molecule has 0 aliphatic carbocycles. The molecule has 1 nitrogen and oxygen atoms in total. The molecule has 0 aliphatic heterocycles. The van der Waals surface area contributed by atoms with Crippen LogP contribution in [0.5, 0.6) is 0 Å². The Morgan fingerprint density at radius 2 is 0.759 bits per heavy atom. The van der Waals surface area contributed by atoms with E-state index < -0.39 is 7.14 Å². The van der Waals surface area contributed by atoms with Crippen molar-refractivity contribution in [3.8, 4) is 0 Å². The van der Waals surface area contributed by atoms with Crippen LogP contribution >= 0.6 is 41.9 Å². The summed E-state index contributed by atoms with van der Waals surface area (Å²) in [6, 6.07) is 28.0. The van der Waals surface area contributed by atoms with Gasteiger partial charge in [0.05, 0.1) is 15.1 Å². The molecule has 0 heterocycles. The van der Waals surface area contributed by atoms with Crippen molar-refractivity contribution in [3.05, 3.63) is 125 Å². The van der Waals surface area contributed by atoms with Crippen LogP contribution in [0.15, 0.2) is 108 Å². The van der Waals surface area contributed by atoms with Crippen LogP contribution in [0.3, 0.4) is 0 Å². The molecule has 0 fully saturated rings. The minimum absolute atomic E-state index is 0.372. The fraction of sp³-hybridized carbons (Fsp3) is 0. The van der Waals surface area contributed by atoms with Crippen molar-refractivity contribution in [3.63, 3.8) is 0 Å². The molecule has 0 N–H and O–H groups in total. The molecule has 3 aromatic carbocycles. The number of hydrogen-bond acceptors (Lipinski definition) is 1. The quantitative estimate of drug-likeness (QED) is 0.336. The van der Waals surface area contributed by atoms with Gasteiger partial charge in [-0.25, -0.2) is 0 Å². The second-order valence-electron chi connectivity index (χ2n) is 6.29. The van der Waals surface area contributed by atoms with Crippen LogP contribution in [0.2, 0.25) is 0 Å². The molecule has 0 spiro atoms. The monoisotopic (exact) mass is 458 g/mol. The third kappa shape index (κ3) is 6.23. The number of rotatable bonds is 6. The molecular formula is C24H18Cl3OP. The summed E-state index contributed by atoms with van der Waals surface area (Å²) in [5, 5.41) is 1.12. The lowest BCUT2D eigenvalue weighted by atomic mass is 10.2. The second-order valence-corrected chi connectivity index (χ2v) is 9.82. The minimum atomic E-state index is -3.27. The first kappa shape index (κ1) is 21.7. The molecular weight excluding hydrogens is 442 g/mol. The normalized spacial score (nSPS) is 15.1. The fourth-order valence-electron chi connectivity index (χ4n) is 2.66. The summed E-state index contributed by atoms with van der Waals surface area (Å²) in [5.74, 6) is 4.58. The van der Waals surface area contributed by atoms with Gasteiger partial charge in [0.1, 0.15) is 0 Å². The summed E-state index contributed by atoms with van der Waals surface area (Å²) in [4.78, 5) is 0. The summed E-state index contributed by atoms with van der Waals surface area (Å²) in [6.07, 6.45) is 0. The molecule has 5 heteroatoms. The Bertz CT molecular complexity index is 947. The highest BCUT2D eigenvalue weighted by atomic mass is 35.5. The summed E-state index contributed by atoms with van der Waals surface area (Å²) < 4.78 is 13.9. The molecule has 3 rings (SSSR count). The Morgan fingerprint density at radius 1 is 0.517 bits per heavy atom. The number of hydrogen-bond donors (Lipinski definition) is 0. The van der Waals surface area contributed by atoms with Gasteiger partial charge in [-0.2, -0.15) is 0 Å². The van der Waals surface area contributed by atoms with Crippen LogP contribution in [-0.4, -0.2) is 0 Å². The van der Waals surface area contributed by atoms with E-state index in [9.17, 15) is 4.57 Å². The fourth-order valence-corrected chi connectivity index (χ4v) is 6.14. The average Bonchev–Trinajstić information content (AvgIpc) is 2.75. The van der Waals surface area contributed by atoms with Crippen molar-refractivity contribution in [2.75, 3.05) is 0 Å². The third-order valence-electron chi connectivity index (χ3n) is 4.09. The van der Waals surface area contributed by atoms with Crippen molar-refractivity contribution in [1.82, 2.24) is 0 Å². The zero-order chi connectivity index (χ0) is 20.7. The first-order valence-electron chi connectivity index (χ1n) is 8.87. The number of benzene rings is 3. The van der Waals surface area contributed by atoms with Gasteiger partial charge in [-0.05, 0) is 16.7 Å². The first-order chi connectivity index (χ1) is 14.0. The molecule has 0 radical (unpaired) electrons. The van der Waals surface area contributed by atoms with Gasteiger partial charge in [0.15, 0.2) is 7.14 Å². The van der Waals surface area contributed by atoms with Gasteiger partial charge in [0, 0.05) is 17.5 Å². The Kier molecular flexibility index (Phi) is 7.58. The molecule has 0 atom stereocenters. The highest BCUT2D eigenvalue weighted by Gasteiger charge is 2.18. The van der Waals surface area contributed by atoms with Gasteiger partial charge in [-0.1, -0.05) is 126 Å². The maximum absolute atomic E-state index is 13.9. The van der Waals surface area contributed by atoms with Gasteiger partial charge in [-0.3, -0.25) is 0 Å². The molecule has 0 aliphatic rings. The predicted octanol–water partition coefficient (Wildman–Crippen LogP) is 9.06. The van der Waals surface area contributed by atoms with Crippen LogP contribution in [-0.2, 0) is 4.57 Å². The largest absolute Gasteiger partial charge is 0.310 e. The molecule has 29 heavy (non-hydrogen) atoms. The van der Waals surface area contributed by atoms with E-state index in [-0.39, 0.29) is 0 Å². The zero-order valence-electron chi connectivity index (χ0n) is 15.4. The number of halogens is 3. The average molecular weight is 460 g/mol. The molecule has 3 aromatic rings. The molecule has 0 saturated heterocycles. The molecule has 0 saturated carbocycles. The molecule has 146 valence electrons. The van der Waals surface area contributed by atoms with Crippen molar-refractivity contribution >= 4 is 57.0 Å². The van der Waals surface area contributed by atoms with Crippen LogP contribution in [0.4, 0.5) is 0 Å². The maximum atomic E-state index is 13.9. The van der Waals surface area contributed by atoms with Gasteiger partial charge in [0.25, 0.3) is 0 Å². The molecule has 0 unspecified atom stereocenters. The smallest absolute Gasteiger partial charge is 0.154 e. The Morgan fingerprint density at radius 3 is 1.00 bits per heavy atom. The minimum Gasteiger partial charge on any atom is -0.310 e. The topological polar surface area (TPSA) is 17.1 Å². The lowest BCUT2D eigenvalue weighted by Crippen LogP contribution is -1.81. The zero-order valence-corrected chi connectivity index (χ0v) is 18.5. The standard InChI is InChI=1S/C24H18Cl3OP/c25-22(19-10-4-1-5-11-19)16-29(28,17-23(26)20-12-6-2-7-13-20)18-24(27)21-14-8-3-9-15-21/h1-18H/b22-16+,23-17?,24-18?. The SMILES string of the molecule is O=P(C=C(Cl)c1ccccc1)(C=C(Cl)c1ccccc1)/C=C(/Cl)c1ccccc1. The van der Waals surface area contributed by atoms with E-state index in [2.05, 4.69) is 0 Å². The van der Waals surface area contributed by atoms with E-state index in [0.29, 0.717) is 15.1 Å². The van der Waals surface area contributed by atoms with E-state index in [1.54, 1.807) is 0 Å². The van der Waals surface area contributed by atoms with Crippen molar-refractivity contribution < 1.29 is 4.57 Å². The Hall–Kier alpha value is -2.02. The Balaban J connectivity index is 2.09. The summed E-state index contributed by atoms with van der Waals surface area (Å²) in [7, 11) is -3.27. The van der Waals surface area contributed by atoms with Crippen molar-refractivity contribution in [1.29, 1.82) is 0 Å². The summed E-state index contributed by atoms with van der Waals surface area (Å²) in [5.41, 5.74) is 2.30. The van der Waals surface area contributed by atoms with E-state index in [0.717, 1.165) is 16.7 Å². The molecule has 0 amide bonds. The first-order valence-corrected chi connectivity index (χ1v) is 11.9. The van der Waals surface area contributed by atoms with Crippen LogP contribution in [0.25, 0.3) is 15.1 Å². The van der Waals surface area contributed by atoms with E-state index in [1.165, 1.54) is 17.5 Å². The predicted molar refractivity (Wildman–Crippen MR) is 128 cm³/mol. The van der Waals surface area contributed by atoms with Crippen molar-refractivity contribution in [2.24, 2.45) is 0 Å². The molecule has 0 aromatic heterocycles. The van der Waals surface area contributed by atoms with Crippen LogP contribution in [0, 0.1) is 0 Å². The van der Waals surface area contributed by atoms with E-state index in [1.807, 2.05) is 91.0 Å². The summed E-state index contributed by atoms with van der Waals surface area (Å²) in [6.45, 7) is 0. The van der Waals surface area contributed by atoms with Crippen molar-refractivity contribution in [2.45, 2.75) is 0 Å². The highest BCUT2D eigenvalue weighted by molar-refractivity contribution is 7.74.